The highest BCUT2D eigenvalue weighted by Gasteiger charge is 2.34. The molecule has 1 aromatic heterocycles. The molecule has 0 spiro atoms. The van der Waals surface area contributed by atoms with E-state index < -0.39 is 0 Å². The van der Waals surface area contributed by atoms with Crippen LogP contribution in [0.4, 0.5) is 11.4 Å². The van der Waals surface area contributed by atoms with Crippen LogP contribution in [0.2, 0.25) is 0 Å². The smallest absolute Gasteiger partial charge is 0.262 e. The molecule has 34 heavy (non-hydrogen) atoms. The van der Waals surface area contributed by atoms with Crippen molar-refractivity contribution in [3.8, 4) is 0 Å². The minimum absolute atomic E-state index is 0.0184. The molecule has 7 heteroatoms. The lowest BCUT2D eigenvalue weighted by Crippen LogP contribution is -2.32. The van der Waals surface area contributed by atoms with Crippen LogP contribution in [0.1, 0.15) is 54.7 Å². The van der Waals surface area contributed by atoms with Crippen LogP contribution in [0, 0.1) is 13.8 Å². The summed E-state index contributed by atoms with van der Waals surface area (Å²) in [5.41, 5.74) is 5.44. The zero-order chi connectivity index (χ0) is 24.1. The quantitative estimate of drug-likeness (QED) is 0.472. The average molecular weight is 459 g/mol. The molecule has 2 amide bonds. The molecular formula is C27H30N4O3. The number of benzene rings is 2. The Balaban J connectivity index is 1.50. The lowest BCUT2D eigenvalue weighted by molar-refractivity contribution is -0.131. The van der Waals surface area contributed by atoms with E-state index in [4.69, 9.17) is 4.42 Å². The van der Waals surface area contributed by atoms with Crippen LogP contribution < -0.4 is 10.6 Å². The van der Waals surface area contributed by atoms with Crippen molar-refractivity contribution in [1.82, 2.24) is 5.01 Å². The predicted octanol–water partition coefficient (Wildman–Crippen LogP) is 5.42. The van der Waals surface area contributed by atoms with E-state index in [0.717, 1.165) is 34.6 Å². The Kier molecular flexibility index (Phi) is 7.11. The van der Waals surface area contributed by atoms with Gasteiger partial charge in [0.1, 0.15) is 11.8 Å². The Morgan fingerprint density at radius 2 is 1.82 bits per heavy atom. The van der Waals surface area contributed by atoms with Crippen molar-refractivity contribution >= 4 is 28.9 Å². The van der Waals surface area contributed by atoms with Crippen LogP contribution in [0.3, 0.4) is 0 Å². The van der Waals surface area contributed by atoms with Gasteiger partial charge in [-0.25, -0.2) is 5.01 Å². The fraction of sp³-hybridized carbons (Fsp3) is 0.296. The van der Waals surface area contributed by atoms with Crippen molar-refractivity contribution in [3.05, 3.63) is 83.3 Å². The molecule has 0 saturated heterocycles. The highest BCUT2D eigenvalue weighted by atomic mass is 16.3. The average Bonchev–Trinajstić information content (AvgIpc) is 3.50. The van der Waals surface area contributed by atoms with Gasteiger partial charge in [0, 0.05) is 24.2 Å². The summed E-state index contributed by atoms with van der Waals surface area (Å²) in [5.74, 6) is 0.523. The highest BCUT2D eigenvalue weighted by molar-refractivity contribution is 6.03. The Hall–Kier alpha value is -3.87. The van der Waals surface area contributed by atoms with Crippen molar-refractivity contribution in [2.75, 3.05) is 17.2 Å². The van der Waals surface area contributed by atoms with Crippen LogP contribution in [0.5, 0.6) is 0 Å². The molecular weight excluding hydrogens is 428 g/mol. The zero-order valence-electron chi connectivity index (χ0n) is 19.8. The summed E-state index contributed by atoms with van der Waals surface area (Å²) in [7, 11) is 0. The van der Waals surface area contributed by atoms with Gasteiger partial charge in [-0.2, -0.15) is 5.10 Å². The SMILES string of the molecule is CCCC(=O)Nc1cccc(NCC(=O)N2N=C(c3ccc(C)cc3)CC2c2ccco2)c1C. The number of carbonyl (C=O) groups excluding carboxylic acids is 2. The molecule has 0 fully saturated rings. The van der Waals surface area contributed by atoms with Gasteiger partial charge in [0.25, 0.3) is 5.91 Å². The van der Waals surface area contributed by atoms with E-state index in [1.165, 1.54) is 10.6 Å². The van der Waals surface area contributed by atoms with Gasteiger partial charge >= 0.3 is 0 Å². The molecule has 1 atom stereocenters. The number of nitrogens with one attached hydrogen (secondary N) is 2. The van der Waals surface area contributed by atoms with Gasteiger partial charge in [-0.15, -0.1) is 0 Å². The second-order valence-electron chi connectivity index (χ2n) is 8.52. The molecule has 0 radical (unpaired) electrons. The van der Waals surface area contributed by atoms with Crippen molar-refractivity contribution < 1.29 is 14.0 Å². The summed E-state index contributed by atoms with van der Waals surface area (Å²) >= 11 is 0. The number of hydrogen-bond acceptors (Lipinski definition) is 5. The maximum Gasteiger partial charge on any atom is 0.262 e. The van der Waals surface area contributed by atoms with Crippen LogP contribution in [-0.2, 0) is 9.59 Å². The molecule has 1 aliphatic heterocycles. The fourth-order valence-corrected chi connectivity index (χ4v) is 4.02. The summed E-state index contributed by atoms with van der Waals surface area (Å²) < 4.78 is 5.63. The van der Waals surface area contributed by atoms with Crippen LogP contribution in [0.25, 0.3) is 0 Å². The molecule has 4 rings (SSSR count). The molecule has 1 unspecified atom stereocenters. The molecule has 2 N–H and O–H groups in total. The largest absolute Gasteiger partial charge is 0.467 e. The van der Waals surface area contributed by atoms with Crippen LogP contribution in [-0.4, -0.2) is 29.1 Å². The normalized spacial score (nSPS) is 15.2. The summed E-state index contributed by atoms with van der Waals surface area (Å²) in [4.78, 5) is 25.3. The minimum atomic E-state index is -0.290. The maximum absolute atomic E-state index is 13.3. The monoisotopic (exact) mass is 458 g/mol. The van der Waals surface area contributed by atoms with E-state index in [-0.39, 0.29) is 24.4 Å². The van der Waals surface area contributed by atoms with Gasteiger partial charge in [0.2, 0.25) is 5.91 Å². The van der Waals surface area contributed by atoms with E-state index in [1.807, 2.05) is 75.4 Å². The topological polar surface area (TPSA) is 86.9 Å². The number of hydrazone groups is 1. The van der Waals surface area contributed by atoms with E-state index in [9.17, 15) is 9.59 Å². The molecule has 1 aliphatic rings. The Labute approximate surface area is 199 Å². The molecule has 7 nitrogen and oxygen atoms in total. The lowest BCUT2D eigenvalue weighted by Gasteiger charge is -2.21. The van der Waals surface area contributed by atoms with Gasteiger partial charge in [-0.1, -0.05) is 42.8 Å². The minimum Gasteiger partial charge on any atom is -0.467 e. The van der Waals surface area contributed by atoms with Crippen molar-refractivity contribution in [2.45, 2.75) is 46.1 Å². The highest BCUT2D eigenvalue weighted by Crippen LogP contribution is 2.33. The third kappa shape index (κ3) is 5.20. The first-order valence-electron chi connectivity index (χ1n) is 11.6. The van der Waals surface area contributed by atoms with Crippen molar-refractivity contribution in [1.29, 1.82) is 0 Å². The summed E-state index contributed by atoms with van der Waals surface area (Å²) in [6.45, 7) is 6.00. The van der Waals surface area contributed by atoms with E-state index in [1.54, 1.807) is 6.26 Å². The van der Waals surface area contributed by atoms with Gasteiger partial charge in [0.05, 0.1) is 18.5 Å². The number of amides is 2. The molecule has 176 valence electrons. The Morgan fingerprint density at radius 1 is 1.06 bits per heavy atom. The predicted molar refractivity (Wildman–Crippen MR) is 134 cm³/mol. The van der Waals surface area contributed by atoms with Crippen molar-refractivity contribution in [3.63, 3.8) is 0 Å². The van der Waals surface area contributed by atoms with Crippen LogP contribution in [0.15, 0.2) is 70.4 Å². The third-order valence-corrected chi connectivity index (χ3v) is 5.94. The van der Waals surface area contributed by atoms with Gasteiger partial charge < -0.3 is 15.1 Å². The Bertz CT molecular complexity index is 1180. The number of rotatable bonds is 8. The molecule has 0 bridgehead atoms. The first kappa shape index (κ1) is 23.3. The standard InChI is InChI=1S/C27H30N4O3/c1-4-7-26(32)29-22-9-5-8-21(19(22)3)28-17-27(33)31-24(25-10-6-15-34-25)16-23(30-31)20-13-11-18(2)12-14-20/h5-6,8-15,24,28H,4,7,16-17H2,1-3H3,(H,29,32). The first-order chi connectivity index (χ1) is 16.5. The molecule has 0 saturated carbocycles. The fourth-order valence-electron chi connectivity index (χ4n) is 4.02. The van der Waals surface area contributed by atoms with Gasteiger partial charge in [0.15, 0.2) is 0 Å². The van der Waals surface area contributed by atoms with E-state index in [2.05, 4.69) is 15.7 Å². The summed E-state index contributed by atoms with van der Waals surface area (Å²) in [6, 6.07) is 17.2. The number of hydrogen-bond donors (Lipinski definition) is 2. The lowest BCUT2D eigenvalue weighted by atomic mass is 10.0. The number of carbonyl (C=O) groups is 2. The first-order valence-corrected chi connectivity index (χ1v) is 11.6. The number of aryl methyl sites for hydroxylation is 1. The number of anilines is 2. The molecule has 2 aromatic carbocycles. The maximum atomic E-state index is 13.3. The Morgan fingerprint density at radius 3 is 2.53 bits per heavy atom. The third-order valence-electron chi connectivity index (χ3n) is 5.94. The van der Waals surface area contributed by atoms with Crippen LogP contribution >= 0.6 is 0 Å². The summed E-state index contributed by atoms with van der Waals surface area (Å²) in [6.07, 6.45) is 3.46. The second-order valence-corrected chi connectivity index (χ2v) is 8.52. The summed E-state index contributed by atoms with van der Waals surface area (Å²) in [5, 5.41) is 12.4. The van der Waals surface area contributed by atoms with Crippen molar-refractivity contribution in [2.24, 2.45) is 5.10 Å². The number of furan rings is 1. The molecule has 3 aromatic rings. The second kappa shape index (κ2) is 10.4. The zero-order valence-corrected chi connectivity index (χ0v) is 19.8. The number of nitrogens with zero attached hydrogens (tertiary/aromatic N) is 2. The van der Waals surface area contributed by atoms with Gasteiger partial charge in [-0.05, 0) is 55.7 Å². The van der Waals surface area contributed by atoms with E-state index in [0.29, 0.717) is 18.6 Å². The molecule has 0 aliphatic carbocycles. The van der Waals surface area contributed by atoms with Gasteiger partial charge in [-0.3, -0.25) is 9.59 Å². The van der Waals surface area contributed by atoms with E-state index >= 15 is 0 Å². The molecule has 2 heterocycles.